The SMILES string of the molecule is COc1cc2c(cc1OC)CN(C1CCCN(Cc3ccccn3)C1)CC2. The van der Waals surface area contributed by atoms with E-state index in [0.29, 0.717) is 6.04 Å². The van der Waals surface area contributed by atoms with Gasteiger partial charge in [-0.25, -0.2) is 0 Å². The molecular formula is C22H29N3O2. The van der Waals surface area contributed by atoms with Crippen LogP contribution in [0.15, 0.2) is 36.5 Å². The Morgan fingerprint density at radius 1 is 1.07 bits per heavy atom. The first-order chi connectivity index (χ1) is 13.3. The van der Waals surface area contributed by atoms with E-state index >= 15 is 0 Å². The molecule has 0 radical (unpaired) electrons. The number of nitrogens with zero attached hydrogens (tertiary/aromatic N) is 3. The molecule has 2 aliphatic rings. The average Bonchev–Trinajstić information content (AvgIpc) is 2.73. The molecule has 5 nitrogen and oxygen atoms in total. The lowest BCUT2D eigenvalue weighted by atomic mass is 9.95. The smallest absolute Gasteiger partial charge is 0.161 e. The van der Waals surface area contributed by atoms with Crippen LogP contribution in [0.5, 0.6) is 11.5 Å². The summed E-state index contributed by atoms with van der Waals surface area (Å²) in [6, 6.07) is 11.1. The van der Waals surface area contributed by atoms with E-state index in [2.05, 4.69) is 39.0 Å². The van der Waals surface area contributed by atoms with E-state index in [0.717, 1.165) is 44.1 Å². The zero-order valence-electron chi connectivity index (χ0n) is 16.4. The van der Waals surface area contributed by atoms with Gasteiger partial charge in [0.15, 0.2) is 11.5 Å². The average molecular weight is 367 g/mol. The molecule has 27 heavy (non-hydrogen) atoms. The molecule has 144 valence electrons. The minimum atomic E-state index is 0.615. The fraction of sp³-hybridized carbons (Fsp3) is 0.500. The molecule has 5 heteroatoms. The highest BCUT2D eigenvalue weighted by atomic mass is 16.5. The molecule has 3 heterocycles. The second kappa shape index (κ2) is 8.28. The van der Waals surface area contributed by atoms with Crippen LogP contribution in [0.25, 0.3) is 0 Å². The third-order valence-corrected chi connectivity index (χ3v) is 5.86. The highest BCUT2D eigenvalue weighted by Gasteiger charge is 2.28. The lowest BCUT2D eigenvalue weighted by Gasteiger charge is -2.41. The summed E-state index contributed by atoms with van der Waals surface area (Å²) in [6.45, 7) is 5.36. The Morgan fingerprint density at radius 2 is 1.89 bits per heavy atom. The maximum atomic E-state index is 5.51. The van der Waals surface area contributed by atoms with Gasteiger partial charge in [-0.2, -0.15) is 0 Å². The van der Waals surface area contributed by atoms with Crippen molar-refractivity contribution in [1.29, 1.82) is 0 Å². The lowest BCUT2D eigenvalue weighted by Crippen LogP contribution is -2.49. The van der Waals surface area contributed by atoms with Crippen molar-refractivity contribution in [2.45, 2.75) is 38.4 Å². The second-order valence-electron chi connectivity index (χ2n) is 7.55. The molecule has 1 aromatic carbocycles. The van der Waals surface area contributed by atoms with Crippen molar-refractivity contribution in [3.63, 3.8) is 0 Å². The van der Waals surface area contributed by atoms with Gasteiger partial charge in [-0.15, -0.1) is 0 Å². The van der Waals surface area contributed by atoms with Crippen LogP contribution in [-0.4, -0.2) is 54.7 Å². The summed E-state index contributed by atoms with van der Waals surface area (Å²) >= 11 is 0. The van der Waals surface area contributed by atoms with E-state index in [-0.39, 0.29) is 0 Å². The molecule has 0 saturated carbocycles. The Morgan fingerprint density at radius 3 is 2.63 bits per heavy atom. The predicted molar refractivity (Wildman–Crippen MR) is 106 cm³/mol. The molecule has 0 bridgehead atoms. The van der Waals surface area contributed by atoms with Gasteiger partial charge in [0.05, 0.1) is 19.9 Å². The predicted octanol–water partition coefficient (Wildman–Crippen LogP) is 3.12. The molecule has 1 saturated heterocycles. The number of ether oxygens (including phenoxy) is 2. The van der Waals surface area contributed by atoms with Gasteiger partial charge in [-0.05, 0) is 61.2 Å². The Labute approximate surface area is 161 Å². The Kier molecular flexibility index (Phi) is 5.60. The zero-order chi connectivity index (χ0) is 18.6. The zero-order valence-corrected chi connectivity index (χ0v) is 16.4. The first-order valence-corrected chi connectivity index (χ1v) is 9.87. The lowest BCUT2D eigenvalue weighted by molar-refractivity contribution is 0.0831. The monoisotopic (exact) mass is 367 g/mol. The minimum Gasteiger partial charge on any atom is -0.493 e. The fourth-order valence-electron chi connectivity index (χ4n) is 4.41. The summed E-state index contributed by atoms with van der Waals surface area (Å²) in [4.78, 5) is 9.70. The molecule has 1 atom stereocenters. The molecule has 0 N–H and O–H groups in total. The fourth-order valence-corrected chi connectivity index (χ4v) is 4.41. The van der Waals surface area contributed by atoms with Crippen molar-refractivity contribution in [2.24, 2.45) is 0 Å². The normalized spacial score (nSPS) is 20.9. The van der Waals surface area contributed by atoms with Gasteiger partial charge in [-0.3, -0.25) is 14.8 Å². The number of aromatic nitrogens is 1. The highest BCUT2D eigenvalue weighted by Crippen LogP contribution is 2.34. The Bertz CT molecular complexity index is 766. The summed E-state index contributed by atoms with van der Waals surface area (Å²) in [5, 5.41) is 0. The molecule has 1 unspecified atom stereocenters. The number of pyridine rings is 1. The molecule has 1 fully saturated rings. The van der Waals surface area contributed by atoms with Crippen LogP contribution in [0.1, 0.15) is 29.7 Å². The van der Waals surface area contributed by atoms with E-state index in [1.165, 1.54) is 36.2 Å². The van der Waals surface area contributed by atoms with E-state index in [4.69, 9.17) is 9.47 Å². The Hall–Kier alpha value is -2.11. The summed E-state index contributed by atoms with van der Waals surface area (Å²) < 4.78 is 11.0. The van der Waals surface area contributed by atoms with Crippen molar-refractivity contribution in [1.82, 2.24) is 14.8 Å². The van der Waals surface area contributed by atoms with Gasteiger partial charge in [0.25, 0.3) is 0 Å². The molecule has 4 rings (SSSR count). The highest BCUT2D eigenvalue weighted by molar-refractivity contribution is 5.48. The maximum Gasteiger partial charge on any atom is 0.161 e. The van der Waals surface area contributed by atoms with Crippen LogP contribution in [0, 0.1) is 0 Å². The van der Waals surface area contributed by atoms with E-state index in [9.17, 15) is 0 Å². The van der Waals surface area contributed by atoms with Crippen molar-refractivity contribution in [3.05, 3.63) is 53.3 Å². The van der Waals surface area contributed by atoms with E-state index < -0.39 is 0 Å². The first-order valence-electron chi connectivity index (χ1n) is 9.87. The number of fused-ring (bicyclic) bond motifs is 1. The maximum absolute atomic E-state index is 5.51. The van der Waals surface area contributed by atoms with Crippen molar-refractivity contribution >= 4 is 0 Å². The number of rotatable bonds is 5. The molecule has 2 aliphatic heterocycles. The number of likely N-dealkylation sites (tertiary alicyclic amines) is 1. The second-order valence-corrected chi connectivity index (χ2v) is 7.55. The van der Waals surface area contributed by atoms with Crippen LogP contribution in [0.2, 0.25) is 0 Å². The minimum absolute atomic E-state index is 0.615. The standard InChI is InChI=1S/C22H29N3O2/c1-26-21-12-17-8-11-25(14-18(17)13-22(21)27-2)20-7-5-10-24(16-20)15-19-6-3-4-9-23-19/h3-4,6,9,12-13,20H,5,7-8,10-11,14-16H2,1-2H3. The molecule has 1 aromatic heterocycles. The van der Waals surface area contributed by atoms with Crippen molar-refractivity contribution in [2.75, 3.05) is 33.9 Å². The number of hydrogen-bond acceptors (Lipinski definition) is 5. The quantitative estimate of drug-likeness (QED) is 0.812. The van der Waals surface area contributed by atoms with Crippen LogP contribution >= 0.6 is 0 Å². The first kappa shape index (κ1) is 18.3. The summed E-state index contributed by atoms with van der Waals surface area (Å²) in [7, 11) is 3.42. The Balaban J connectivity index is 1.43. The van der Waals surface area contributed by atoms with Gasteiger partial charge < -0.3 is 9.47 Å². The summed E-state index contributed by atoms with van der Waals surface area (Å²) in [6.07, 6.45) is 5.50. The summed E-state index contributed by atoms with van der Waals surface area (Å²) in [5.41, 5.74) is 3.93. The van der Waals surface area contributed by atoms with E-state index in [1.54, 1.807) is 14.2 Å². The van der Waals surface area contributed by atoms with Crippen molar-refractivity contribution in [3.8, 4) is 11.5 Å². The third kappa shape index (κ3) is 4.09. The van der Waals surface area contributed by atoms with Crippen LogP contribution in [0.3, 0.4) is 0 Å². The van der Waals surface area contributed by atoms with Crippen molar-refractivity contribution < 1.29 is 9.47 Å². The molecular weight excluding hydrogens is 338 g/mol. The molecule has 0 amide bonds. The van der Waals surface area contributed by atoms with Crippen LogP contribution in [0.4, 0.5) is 0 Å². The van der Waals surface area contributed by atoms with Gasteiger partial charge in [-0.1, -0.05) is 6.07 Å². The number of benzene rings is 1. The molecule has 0 spiro atoms. The van der Waals surface area contributed by atoms with Gasteiger partial charge >= 0.3 is 0 Å². The van der Waals surface area contributed by atoms with Crippen LogP contribution in [-0.2, 0) is 19.5 Å². The third-order valence-electron chi connectivity index (χ3n) is 5.86. The van der Waals surface area contributed by atoms with Crippen LogP contribution < -0.4 is 9.47 Å². The van der Waals surface area contributed by atoms with Gasteiger partial charge in [0.1, 0.15) is 0 Å². The van der Waals surface area contributed by atoms with Gasteiger partial charge in [0.2, 0.25) is 0 Å². The number of methoxy groups -OCH3 is 2. The largest absolute Gasteiger partial charge is 0.493 e. The molecule has 0 aliphatic carbocycles. The van der Waals surface area contributed by atoms with Gasteiger partial charge in [0, 0.05) is 38.4 Å². The molecule has 2 aromatic rings. The number of hydrogen-bond donors (Lipinski definition) is 0. The summed E-state index contributed by atoms with van der Waals surface area (Å²) in [5.74, 6) is 1.67. The number of piperidine rings is 1. The topological polar surface area (TPSA) is 37.8 Å². The van der Waals surface area contributed by atoms with E-state index in [1.807, 2.05) is 12.3 Å².